The maximum atomic E-state index is 5.85. The predicted octanol–water partition coefficient (Wildman–Crippen LogP) is 2.09. The molecule has 0 aliphatic carbocycles. The van der Waals surface area contributed by atoms with Crippen LogP contribution in [-0.4, -0.2) is 43.0 Å². The molecule has 1 saturated heterocycles. The Hall–Kier alpha value is -0.570. The van der Waals surface area contributed by atoms with Gasteiger partial charge in [-0.15, -0.1) is 0 Å². The molecule has 0 amide bonds. The fourth-order valence-electron chi connectivity index (χ4n) is 1.85. The van der Waals surface area contributed by atoms with Crippen molar-refractivity contribution in [1.29, 1.82) is 0 Å². The zero-order valence-electron chi connectivity index (χ0n) is 9.12. The summed E-state index contributed by atoms with van der Waals surface area (Å²) in [4.78, 5) is 4.86. The number of piperazine rings is 1. The second-order valence-corrected chi connectivity index (χ2v) is 4.64. The van der Waals surface area contributed by atoms with Gasteiger partial charge in [-0.25, -0.2) is 0 Å². The highest BCUT2D eigenvalue weighted by atomic mass is 35.5. The number of rotatable bonds is 2. The SMILES string of the molecule is CN1CCN(Cc2ccc(Cl)cc2)CC1. The van der Waals surface area contributed by atoms with Crippen molar-refractivity contribution < 1.29 is 0 Å². The molecule has 15 heavy (non-hydrogen) atoms. The van der Waals surface area contributed by atoms with Crippen LogP contribution in [0.15, 0.2) is 24.3 Å². The van der Waals surface area contributed by atoms with E-state index in [4.69, 9.17) is 11.6 Å². The van der Waals surface area contributed by atoms with Crippen LogP contribution in [0, 0.1) is 0 Å². The molecular formula is C12H17ClN2. The minimum Gasteiger partial charge on any atom is -0.304 e. The molecule has 1 heterocycles. The average Bonchev–Trinajstić information content (AvgIpc) is 2.25. The van der Waals surface area contributed by atoms with Crippen LogP contribution in [0.2, 0.25) is 5.02 Å². The first-order valence-corrected chi connectivity index (χ1v) is 5.77. The minimum atomic E-state index is 0.817. The molecule has 0 bridgehead atoms. The summed E-state index contributed by atoms with van der Waals surface area (Å²) in [5.41, 5.74) is 1.35. The maximum absolute atomic E-state index is 5.85. The van der Waals surface area contributed by atoms with Crippen molar-refractivity contribution in [2.75, 3.05) is 33.2 Å². The lowest BCUT2D eigenvalue weighted by molar-refractivity contribution is 0.148. The molecule has 1 aromatic rings. The molecule has 1 fully saturated rings. The first-order chi connectivity index (χ1) is 7.24. The van der Waals surface area contributed by atoms with Crippen LogP contribution in [0.5, 0.6) is 0 Å². The van der Waals surface area contributed by atoms with E-state index in [9.17, 15) is 0 Å². The van der Waals surface area contributed by atoms with E-state index in [1.165, 1.54) is 31.7 Å². The smallest absolute Gasteiger partial charge is 0.0406 e. The summed E-state index contributed by atoms with van der Waals surface area (Å²) in [5.74, 6) is 0. The summed E-state index contributed by atoms with van der Waals surface area (Å²) in [6.45, 7) is 5.73. The van der Waals surface area contributed by atoms with E-state index in [2.05, 4.69) is 29.0 Å². The molecule has 1 aliphatic heterocycles. The minimum absolute atomic E-state index is 0.817. The zero-order valence-corrected chi connectivity index (χ0v) is 9.87. The maximum Gasteiger partial charge on any atom is 0.0406 e. The normalized spacial score (nSPS) is 19.3. The average molecular weight is 225 g/mol. The summed E-state index contributed by atoms with van der Waals surface area (Å²) in [5, 5.41) is 0.817. The molecule has 0 saturated carbocycles. The number of halogens is 1. The number of hydrogen-bond donors (Lipinski definition) is 0. The van der Waals surface area contributed by atoms with Crippen LogP contribution in [0.4, 0.5) is 0 Å². The van der Waals surface area contributed by atoms with Gasteiger partial charge in [-0.1, -0.05) is 23.7 Å². The zero-order chi connectivity index (χ0) is 10.7. The molecule has 82 valence electrons. The van der Waals surface area contributed by atoms with E-state index < -0.39 is 0 Å². The quantitative estimate of drug-likeness (QED) is 0.759. The summed E-state index contributed by atoms with van der Waals surface area (Å²) in [6.07, 6.45) is 0. The standard InChI is InChI=1S/C12H17ClN2/c1-14-6-8-15(9-7-14)10-11-2-4-12(13)5-3-11/h2-5H,6-10H2,1H3. The molecule has 1 aliphatic rings. The van der Waals surface area contributed by atoms with Gasteiger partial charge in [0.1, 0.15) is 0 Å². The van der Waals surface area contributed by atoms with Crippen molar-refractivity contribution >= 4 is 11.6 Å². The highest BCUT2D eigenvalue weighted by Gasteiger charge is 2.13. The predicted molar refractivity (Wildman–Crippen MR) is 64.2 cm³/mol. The third-order valence-corrected chi connectivity index (χ3v) is 3.17. The molecule has 2 rings (SSSR count). The van der Waals surface area contributed by atoms with Crippen LogP contribution in [0.3, 0.4) is 0 Å². The highest BCUT2D eigenvalue weighted by molar-refractivity contribution is 6.30. The van der Waals surface area contributed by atoms with E-state index in [1.54, 1.807) is 0 Å². The second kappa shape index (κ2) is 4.97. The van der Waals surface area contributed by atoms with E-state index in [0.717, 1.165) is 11.6 Å². The van der Waals surface area contributed by atoms with Gasteiger partial charge in [-0.2, -0.15) is 0 Å². The first-order valence-electron chi connectivity index (χ1n) is 5.39. The van der Waals surface area contributed by atoms with Gasteiger partial charge in [-0.3, -0.25) is 4.90 Å². The lowest BCUT2D eigenvalue weighted by Crippen LogP contribution is -2.43. The largest absolute Gasteiger partial charge is 0.304 e. The molecule has 0 N–H and O–H groups in total. The summed E-state index contributed by atoms with van der Waals surface area (Å²) in [6, 6.07) is 8.15. The molecule has 0 unspecified atom stereocenters. The van der Waals surface area contributed by atoms with Crippen LogP contribution < -0.4 is 0 Å². The van der Waals surface area contributed by atoms with Crippen molar-refractivity contribution in [3.8, 4) is 0 Å². The van der Waals surface area contributed by atoms with Gasteiger partial charge in [0.2, 0.25) is 0 Å². The van der Waals surface area contributed by atoms with Crippen LogP contribution in [-0.2, 0) is 6.54 Å². The Bertz CT molecular complexity index is 302. The molecule has 0 aromatic heterocycles. The van der Waals surface area contributed by atoms with E-state index in [0.29, 0.717) is 0 Å². The molecular weight excluding hydrogens is 208 g/mol. The summed E-state index contributed by atoms with van der Waals surface area (Å²) >= 11 is 5.85. The van der Waals surface area contributed by atoms with Gasteiger partial charge in [0.25, 0.3) is 0 Å². The molecule has 1 aromatic carbocycles. The molecule has 0 spiro atoms. The third kappa shape index (κ3) is 3.20. The number of benzene rings is 1. The Labute approximate surface area is 96.4 Å². The Morgan fingerprint density at radius 2 is 1.67 bits per heavy atom. The Morgan fingerprint density at radius 1 is 1.07 bits per heavy atom. The number of hydrogen-bond acceptors (Lipinski definition) is 2. The number of likely N-dealkylation sites (N-methyl/N-ethyl adjacent to an activating group) is 1. The van der Waals surface area contributed by atoms with Gasteiger partial charge in [0.15, 0.2) is 0 Å². The molecule has 0 atom stereocenters. The van der Waals surface area contributed by atoms with Crippen molar-refractivity contribution in [2.24, 2.45) is 0 Å². The highest BCUT2D eigenvalue weighted by Crippen LogP contribution is 2.12. The van der Waals surface area contributed by atoms with Gasteiger partial charge >= 0.3 is 0 Å². The second-order valence-electron chi connectivity index (χ2n) is 4.21. The van der Waals surface area contributed by atoms with Crippen LogP contribution in [0.25, 0.3) is 0 Å². The van der Waals surface area contributed by atoms with Crippen molar-refractivity contribution in [1.82, 2.24) is 9.80 Å². The van der Waals surface area contributed by atoms with Crippen LogP contribution >= 0.6 is 11.6 Å². The lowest BCUT2D eigenvalue weighted by Gasteiger charge is -2.32. The van der Waals surface area contributed by atoms with Crippen LogP contribution in [0.1, 0.15) is 5.56 Å². The van der Waals surface area contributed by atoms with Crippen molar-refractivity contribution in [3.05, 3.63) is 34.9 Å². The molecule has 2 nitrogen and oxygen atoms in total. The third-order valence-electron chi connectivity index (χ3n) is 2.92. The Balaban J connectivity index is 1.89. The van der Waals surface area contributed by atoms with Gasteiger partial charge in [0.05, 0.1) is 0 Å². The van der Waals surface area contributed by atoms with Gasteiger partial charge in [-0.05, 0) is 24.7 Å². The van der Waals surface area contributed by atoms with Crippen molar-refractivity contribution in [2.45, 2.75) is 6.54 Å². The first kappa shape index (κ1) is 10.9. The summed E-state index contributed by atoms with van der Waals surface area (Å²) < 4.78 is 0. The molecule has 3 heteroatoms. The Kier molecular flexibility index (Phi) is 3.62. The topological polar surface area (TPSA) is 6.48 Å². The molecule has 0 radical (unpaired) electrons. The summed E-state index contributed by atoms with van der Waals surface area (Å²) in [7, 11) is 2.18. The lowest BCUT2D eigenvalue weighted by atomic mass is 10.2. The Morgan fingerprint density at radius 3 is 2.27 bits per heavy atom. The fraction of sp³-hybridized carbons (Fsp3) is 0.500. The van der Waals surface area contributed by atoms with Crippen molar-refractivity contribution in [3.63, 3.8) is 0 Å². The van der Waals surface area contributed by atoms with Gasteiger partial charge in [0, 0.05) is 37.7 Å². The van der Waals surface area contributed by atoms with E-state index in [-0.39, 0.29) is 0 Å². The van der Waals surface area contributed by atoms with E-state index in [1.807, 2.05) is 12.1 Å². The number of nitrogens with zero attached hydrogens (tertiary/aromatic N) is 2. The van der Waals surface area contributed by atoms with E-state index >= 15 is 0 Å². The fourth-order valence-corrected chi connectivity index (χ4v) is 1.98. The monoisotopic (exact) mass is 224 g/mol. The van der Waals surface area contributed by atoms with Gasteiger partial charge < -0.3 is 4.90 Å².